The second kappa shape index (κ2) is 7.37. The molecular weight excluding hydrogens is 275 g/mol. The highest BCUT2D eigenvalue weighted by Crippen LogP contribution is 2.16. The van der Waals surface area contributed by atoms with Gasteiger partial charge in [-0.1, -0.05) is 12.1 Å². The van der Waals surface area contributed by atoms with Crippen molar-refractivity contribution in [1.82, 2.24) is 20.5 Å². The Morgan fingerprint density at radius 1 is 1.48 bits per heavy atom. The van der Waals surface area contributed by atoms with Gasteiger partial charge in [0.2, 0.25) is 0 Å². The SMILES string of the molecule is CC(Oc1ccccc1F)C(=O)NCCCc1ncn[nH]1. The van der Waals surface area contributed by atoms with E-state index in [0.29, 0.717) is 13.0 Å². The van der Waals surface area contributed by atoms with E-state index in [1.807, 2.05) is 0 Å². The number of aromatic amines is 1. The molecule has 0 aliphatic carbocycles. The number of H-pyrrole nitrogens is 1. The third-order valence-corrected chi connectivity index (χ3v) is 2.86. The number of para-hydroxylation sites is 1. The number of carbonyl (C=O) groups is 1. The Kier molecular flexibility index (Phi) is 5.25. The fourth-order valence-corrected chi connectivity index (χ4v) is 1.75. The molecule has 1 heterocycles. The van der Waals surface area contributed by atoms with E-state index in [0.717, 1.165) is 12.2 Å². The molecule has 7 heteroatoms. The van der Waals surface area contributed by atoms with Crippen LogP contribution in [0, 0.1) is 5.82 Å². The van der Waals surface area contributed by atoms with Crippen molar-refractivity contribution in [3.05, 3.63) is 42.2 Å². The summed E-state index contributed by atoms with van der Waals surface area (Å²) in [5.41, 5.74) is 0. The van der Waals surface area contributed by atoms with E-state index in [-0.39, 0.29) is 11.7 Å². The minimum atomic E-state index is -0.757. The van der Waals surface area contributed by atoms with E-state index < -0.39 is 11.9 Å². The Labute approximate surface area is 121 Å². The fraction of sp³-hybridized carbons (Fsp3) is 0.357. The number of carbonyl (C=O) groups excluding carboxylic acids is 1. The van der Waals surface area contributed by atoms with Crippen LogP contribution in [-0.2, 0) is 11.2 Å². The van der Waals surface area contributed by atoms with Gasteiger partial charge < -0.3 is 10.1 Å². The summed E-state index contributed by atoms with van der Waals surface area (Å²) >= 11 is 0. The van der Waals surface area contributed by atoms with Crippen LogP contribution in [0.2, 0.25) is 0 Å². The number of nitrogens with one attached hydrogen (secondary N) is 2. The molecule has 21 heavy (non-hydrogen) atoms. The standard InChI is InChI=1S/C14H17FN4O2/c1-10(21-12-6-3-2-5-11(12)15)14(20)16-8-4-7-13-17-9-18-19-13/h2-3,5-6,9-10H,4,7-8H2,1H3,(H,16,20)(H,17,18,19). The van der Waals surface area contributed by atoms with Gasteiger partial charge in [0.1, 0.15) is 12.2 Å². The molecule has 6 nitrogen and oxygen atoms in total. The van der Waals surface area contributed by atoms with Crippen LogP contribution in [0.5, 0.6) is 5.75 Å². The maximum absolute atomic E-state index is 13.4. The first-order valence-corrected chi connectivity index (χ1v) is 6.70. The summed E-state index contributed by atoms with van der Waals surface area (Å²) in [5.74, 6) is 0.0833. The Balaban J connectivity index is 1.71. The summed E-state index contributed by atoms with van der Waals surface area (Å²) in [6.45, 7) is 2.07. The first-order valence-electron chi connectivity index (χ1n) is 6.70. The molecule has 0 saturated heterocycles. The van der Waals surface area contributed by atoms with Crippen molar-refractivity contribution in [1.29, 1.82) is 0 Å². The van der Waals surface area contributed by atoms with Crippen molar-refractivity contribution in [3.63, 3.8) is 0 Å². The molecule has 0 spiro atoms. The highest BCUT2D eigenvalue weighted by Gasteiger charge is 2.15. The van der Waals surface area contributed by atoms with Gasteiger partial charge in [-0.25, -0.2) is 9.37 Å². The molecule has 2 N–H and O–H groups in total. The second-order valence-electron chi connectivity index (χ2n) is 4.52. The summed E-state index contributed by atoms with van der Waals surface area (Å²) < 4.78 is 18.7. The van der Waals surface area contributed by atoms with Crippen molar-refractivity contribution >= 4 is 5.91 Å². The molecule has 0 saturated carbocycles. The van der Waals surface area contributed by atoms with E-state index in [1.165, 1.54) is 18.5 Å². The summed E-state index contributed by atoms with van der Waals surface area (Å²) in [7, 11) is 0. The lowest BCUT2D eigenvalue weighted by Crippen LogP contribution is -2.37. The van der Waals surface area contributed by atoms with Crippen LogP contribution in [0.4, 0.5) is 4.39 Å². The highest BCUT2D eigenvalue weighted by molar-refractivity contribution is 5.80. The summed E-state index contributed by atoms with van der Waals surface area (Å²) in [4.78, 5) is 15.8. The van der Waals surface area contributed by atoms with Crippen LogP contribution < -0.4 is 10.1 Å². The zero-order valence-electron chi connectivity index (χ0n) is 11.7. The Morgan fingerprint density at radius 3 is 3.00 bits per heavy atom. The number of ether oxygens (including phenoxy) is 1. The number of aromatic nitrogens is 3. The van der Waals surface area contributed by atoms with E-state index in [2.05, 4.69) is 20.5 Å². The van der Waals surface area contributed by atoms with Crippen LogP contribution in [0.1, 0.15) is 19.2 Å². The topological polar surface area (TPSA) is 79.9 Å². The van der Waals surface area contributed by atoms with Crippen molar-refractivity contribution in [2.75, 3.05) is 6.54 Å². The van der Waals surface area contributed by atoms with Crippen molar-refractivity contribution < 1.29 is 13.9 Å². The molecule has 1 amide bonds. The van der Waals surface area contributed by atoms with Crippen LogP contribution in [-0.4, -0.2) is 33.7 Å². The number of aryl methyl sites for hydroxylation is 1. The van der Waals surface area contributed by atoms with E-state index in [4.69, 9.17) is 4.74 Å². The predicted octanol–water partition coefficient (Wildman–Crippen LogP) is 1.46. The fourth-order valence-electron chi connectivity index (χ4n) is 1.75. The lowest BCUT2D eigenvalue weighted by atomic mass is 10.3. The monoisotopic (exact) mass is 292 g/mol. The minimum Gasteiger partial charge on any atom is -0.478 e. The van der Waals surface area contributed by atoms with Crippen LogP contribution >= 0.6 is 0 Å². The number of hydrogen-bond acceptors (Lipinski definition) is 4. The van der Waals surface area contributed by atoms with Gasteiger partial charge in [-0.3, -0.25) is 9.89 Å². The largest absolute Gasteiger partial charge is 0.478 e. The quantitative estimate of drug-likeness (QED) is 0.757. The second-order valence-corrected chi connectivity index (χ2v) is 4.52. The number of rotatable bonds is 7. The number of amides is 1. The van der Waals surface area contributed by atoms with Crippen molar-refractivity contribution in [2.45, 2.75) is 25.9 Å². The molecule has 1 atom stereocenters. The van der Waals surface area contributed by atoms with Gasteiger partial charge in [0.15, 0.2) is 17.7 Å². The average molecular weight is 292 g/mol. The van der Waals surface area contributed by atoms with Gasteiger partial charge in [-0.05, 0) is 25.5 Å². The lowest BCUT2D eigenvalue weighted by Gasteiger charge is -2.14. The zero-order valence-corrected chi connectivity index (χ0v) is 11.7. The van der Waals surface area contributed by atoms with Gasteiger partial charge in [-0.2, -0.15) is 5.10 Å². The first-order chi connectivity index (χ1) is 10.2. The minimum absolute atomic E-state index is 0.0711. The van der Waals surface area contributed by atoms with Crippen LogP contribution in [0.15, 0.2) is 30.6 Å². The molecule has 0 radical (unpaired) electrons. The normalized spacial score (nSPS) is 11.9. The first kappa shape index (κ1) is 15.0. The van der Waals surface area contributed by atoms with E-state index in [9.17, 15) is 9.18 Å². The molecule has 2 aromatic rings. The number of benzene rings is 1. The molecule has 1 unspecified atom stereocenters. The third-order valence-electron chi connectivity index (χ3n) is 2.86. The lowest BCUT2D eigenvalue weighted by molar-refractivity contribution is -0.127. The Hall–Kier alpha value is -2.44. The molecule has 0 aliphatic heterocycles. The van der Waals surface area contributed by atoms with E-state index in [1.54, 1.807) is 19.1 Å². The van der Waals surface area contributed by atoms with Gasteiger partial charge in [0.25, 0.3) is 5.91 Å². The molecule has 2 rings (SSSR count). The Bertz CT molecular complexity index is 574. The summed E-state index contributed by atoms with van der Waals surface area (Å²) in [5, 5.41) is 9.22. The number of nitrogens with zero attached hydrogens (tertiary/aromatic N) is 2. The molecule has 0 aliphatic rings. The van der Waals surface area contributed by atoms with Gasteiger partial charge in [-0.15, -0.1) is 0 Å². The molecular formula is C14H17FN4O2. The molecule has 1 aromatic heterocycles. The number of hydrogen-bond donors (Lipinski definition) is 2. The van der Waals surface area contributed by atoms with Crippen LogP contribution in [0.25, 0.3) is 0 Å². The zero-order chi connectivity index (χ0) is 15.1. The van der Waals surface area contributed by atoms with Gasteiger partial charge >= 0.3 is 0 Å². The smallest absolute Gasteiger partial charge is 0.260 e. The van der Waals surface area contributed by atoms with Gasteiger partial charge in [0.05, 0.1) is 0 Å². The maximum Gasteiger partial charge on any atom is 0.260 e. The number of halogens is 1. The summed E-state index contributed by atoms with van der Waals surface area (Å²) in [6, 6.07) is 6.00. The molecule has 0 fully saturated rings. The predicted molar refractivity (Wildman–Crippen MR) is 74.2 cm³/mol. The Morgan fingerprint density at radius 2 is 2.29 bits per heavy atom. The van der Waals surface area contributed by atoms with Crippen molar-refractivity contribution in [2.24, 2.45) is 0 Å². The maximum atomic E-state index is 13.4. The molecule has 1 aromatic carbocycles. The van der Waals surface area contributed by atoms with Gasteiger partial charge in [0, 0.05) is 13.0 Å². The van der Waals surface area contributed by atoms with Crippen molar-refractivity contribution in [3.8, 4) is 5.75 Å². The third kappa shape index (κ3) is 4.55. The van der Waals surface area contributed by atoms with E-state index >= 15 is 0 Å². The molecule has 112 valence electrons. The average Bonchev–Trinajstić information content (AvgIpc) is 2.99. The highest BCUT2D eigenvalue weighted by atomic mass is 19.1. The summed E-state index contributed by atoms with van der Waals surface area (Å²) in [6.07, 6.45) is 2.11. The van der Waals surface area contributed by atoms with Crippen LogP contribution in [0.3, 0.4) is 0 Å². The molecule has 0 bridgehead atoms.